The summed E-state index contributed by atoms with van der Waals surface area (Å²) in [6, 6.07) is 9.55. The van der Waals surface area contributed by atoms with Crippen LogP contribution in [-0.4, -0.2) is 0 Å². The number of hydrogen-bond acceptors (Lipinski definition) is 1. The van der Waals surface area contributed by atoms with Crippen LogP contribution in [0.25, 0.3) is 0 Å². The van der Waals surface area contributed by atoms with E-state index < -0.39 is 0 Å². The van der Waals surface area contributed by atoms with Crippen LogP contribution >= 0.6 is 66.7 Å². The van der Waals surface area contributed by atoms with Gasteiger partial charge in [0.15, 0.2) is 0 Å². The Bertz CT molecular complexity index is 647. The monoisotopic (exact) mass is 455 g/mol. The van der Waals surface area contributed by atoms with E-state index in [1.165, 1.54) is 0 Å². The lowest BCUT2D eigenvalue weighted by Gasteiger charge is -2.19. The van der Waals surface area contributed by atoms with Gasteiger partial charge in [-0.05, 0) is 52.7 Å². The number of rotatable bonds is 3. The number of nitrogens with one attached hydrogen (secondary N) is 1. The third-order valence-electron chi connectivity index (χ3n) is 2.83. The molecule has 20 heavy (non-hydrogen) atoms. The van der Waals surface area contributed by atoms with Crippen LogP contribution in [0.3, 0.4) is 0 Å². The molecule has 1 N–H and O–H groups in total. The minimum atomic E-state index is -0.00487. The lowest BCUT2D eigenvalue weighted by molar-refractivity contribution is 0.884. The Morgan fingerprint density at radius 2 is 1.70 bits per heavy atom. The van der Waals surface area contributed by atoms with Crippen molar-refractivity contribution >= 4 is 72.4 Å². The molecule has 0 amide bonds. The van der Waals surface area contributed by atoms with E-state index in [1.807, 2.05) is 31.2 Å². The van der Waals surface area contributed by atoms with Crippen LogP contribution in [0.1, 0.15) is 18.5 Å². The van der Waals surface area contributed by atoms with Gasteiger partial charge in [0.1, 0.15) is 0 Å². The molecule has 0 saturated heterocycles. The molecule has 0 aliphatic heterocycles. The number of anilines is 1. The van der Waals surface area contributed by atoms with Crippen molar-refractivity contribution in [2.24, 2.45) is 0 Å². The van der Waals surface area contributed by atoms with Crippen molar-refractivity contribution in [3.63, 3.8) is 0 Å². The first-order chi connectivity index (χ1) is 9.40. The van der Waals surface area contributed by atoms with Gasteiger partial charge in [0.05, 0.1) is 21.1 Å². The van der Waals surface area contributed by atoms with Gasteiger partial charge >= 0.3 is 0 Å². The minimum Gasteiger partial charge on any atom is -0.378 e. The van der Waals surface area contributed by atoms with Crippen LogP contribution in [0.15, 0.2) is 39.3 Å². The first-order valence-electron chi connectivity index (χ1n) is 5.75. The lowest BCUT2D eigenvalue weighted by Crippen LogP contribution is -2.08. The summed E-state index contributed by atoms with van der Waals surface area (Å²) in [6.45, 7) is 2.01. The molecule has 0 radical (unpaired) electrons. The van der Waals surface area contributed by atoms with Crippen molar-refractivity contribution < 1.29 is 0 Å². The van der Waals surface area contributed by atoms with Gasteiger partial charge in [-0.3, -0.25) is 0 Å². The summed E-state index contributed by atoms with van der Waals surface area (Å²) in [5.41, 5.74) is 1.87. The molecule has 0 aliphatic carbocycles. The second-order valence-electron chi connectivity index (χ2n) is 4.25. The Hall–Kier alpha value is 0.0700. The molecule has 6 heteroatoms. The van der Waals surface area contributed by atoms with Gasteiger partial charge in [-0.15, -0.1) is 0 Å². The van der Waals surface area contributed by atoms with Crippen LogP contribution in [0, 0.1) is 0 Å². The fraction of sp³-hybridized carbons (Fsp3) is 0.143. The summed E-state index contributed by atoms with van der Waals surface area (Å²) in [6.07, 6.45) is 0. The molecule has 0 aromatic heterocycles. The van der Waals surface area contributed by atoms with Crippen LogP contribution in [-0.2, 0) is 0 Å². The highest BCUT2D eigenvalue weighted by Crippen LogP contribution is 2.37. The fourth-order valence-electron chi connectivity index (χ4n) is 1.79. The predicted octanol–water partition coefficient (Wildman–Crippen LogP) is 7.34. The highest BCUT2D eigenvalue weighted by Gasteiger charge is 2.15. The third-order valence-corrected chi connectivity index (χ3v) is 5.29. The highest BCUT2D eigenvalue weighted by atomic mass is 79.9. The zero-order chi connectivity index (χ0) is 14.9. The van der Waals surface area contributed by atoms with Crippen LogP contribution in [0.2, 0.25) is 15.1 Å². The van der Waals surface area contributed by atoms with Crippen molar-refractivity contribution in [2.75, 3.05) is 5.32 Å². The summed E-state index contributed by atoms with van der Waals surface area (Å²) in [5, 5.41) is 4.71. The molecule has 1 unspecified atom stereocenters. The molecule has 2 aromatic rings. The van der Waals surface area contributed by atoms with Gasteiger partial charge in [0.2, 0.25) is 0 Å². The summed E-state index contributed by atoms with van der Waals surface area (Å²) in [5.74, 6) is 0. The topological polar surface area (TPSA) is 12.0 Å². The molecule has 0 aliphatic rings. The normalized spacial score (nSPS) is 12.3. The smallest absolute Gasteiger partial charge is 0.0782 e. The molecule has 0 spiro atoms. The molecule has 0 heterocycles. The fourth-order valence-corrected chi connectivity index (χ4v) is 3.66. The Morgan fingerprint density at radius 3 is 2.35 bits per heavy atom. The molecule has 1 nitrogen and oxygen atoms in total. The zero-order valence-electron chi connectivity index (χ0n) is 10.4. The van der Waals surface area contributed by atoms with E-state index in [2.05, 4.69) is 37.2 Å². The van der Waals surface area contributed by atoms with Crippen LogP contribution in [0.5, 0.6) is 0 Å². The van der Waals surface area contributed by atoms with E-state index in [0.29, 0.717) is 15.1 Å². The Labute approximate surface area is 149 Å². The summed E-state index contributed by atoms with van der Waals surface area (Å²) < 4.78 is 1.98. The van der Waals surface area contributed by atoms with E-state index in [4.69, 9.17) is 34.8 Å². The third kappa shape index (κ3) is 3.63. The molecule has 0 bridgehead atoms. The minimum absolute atomic E-state index is 0.00487. The van der Waals surface area contributed by atoms with Crippen LogP contribution in [0.4, 0.5) is 5.69 Å². The van der Waals surface area contributed by atoms with Crippen molar-refractivity contribution in [1.29, 1.82) is 0 Å². The Kier molecular flexibility index (Phi) is 5.66. The van der Waals surface area contributed by atoms with Gasteiger partial charge in [-0.2, -0.15) is 0 Å². The second kappa shape index (κ2) is 6.89. The second-order valence-corrected chi connectivity index (χ2v) is 7.19. The van der Waals surface area contributed by atoms with Crippen molar-refractivity contribution in [3.05, 3.63) is 59.9 Å². The quantitative estimate of drug-likeness (QED) is 0.475. The van der Waals surface area contributed by atoms with Gasteiger partial charge in [-0.25, -0.2) is 0 Å². The Balaban J connectivity index is 2.28. The summed E-state index contributed by atoms with van der Waals surface area (Å²) >= 11 is 25.2. The summed E-state index contributed by atoms with van der Waals surface area (Å²) in [7, 11) is 0. The first kappa shape index (κ1) is 16.4. The zero-order valence-corrected chi connectivity index (χ0v) is 15.8. The van der Waals surface area contributed by atoms with E-state index in [-0.39, 0.29) is 6.04 Å². The van der Waals surface area contributed by atoms with Gasteiger partial charge in [0, 0.05) is 14.6 Å². The maximum Gasteiger partial charge on any atom is 0.0782 e. The molecular weight excluding hydrogens is 448 g/mol. The van der Waals surface area contributed by atoms with E-state index in [0.717, 1.165) is 20.2 Å². The SMILES string of the molecule is CC(Nc1ccc(Br)cc1Br)c1ccc(Cl)c(Cl)c1Cl. The maximum absolute atomic E-state index is 6.25. The largest absolute Gasteiger partial charge is 0.378 e. The van der Waals surface area contributed by atoms with Crippen molar-refractivity contribution in [3.8, 4) is 0 Å². The average Bonchev–Trinajstić information content (AvgIpc) is 2.39. The van der Waals surface area contributed by atoms with E-state index >= 15 is 0 Å². The maximum atomic E-state index is 6.25. The molecule has 1 atom stereocenters. The standard InChI is InChI=1S/C14H10Br2Cl3N/c1-7(9-3-4-11(17)14(19)13(9)18)20-12-5-2-8(15)6-10(12)16/h2-7,20H,1H3. The lowest BCUT2D eigenvalue weighted by atomic mass is 10.1. The van der Waals surface area contributed by atoms with Gasteiger partial charge < -0.3 is 5.32 Å². The van der Waals surface area contributed by atoms with Gasteiger partial charge in [0.25, 0.3) is 0 Å². The molecule has 0 saturated carbocycles. The number of halogens is 5. The van der Waals surface area contributed by atoms with Crippen molar-refractivity contribution in [1.82, 2.24) is 0 Å². The Morgan fingerprint density at radius 1 is 1.00 bits per heavy atom. The van der Waals surface area contributed by atoms with Crippen LogP contribution < -0.4 is 5.32 Å². The van der Waals surface area contributed by atoms with E-state index in [9.17, 15) is 0 Å². The van der Waals surface area contributed by atoms with Crippen molar-refractivity contribution in [2.45, 2.75) is 13.0 Å². The van der Waals surface area contributed by atoms with Gasteiger partial charge in [-0.1, -0.05) is 56.8 Å². The predicted molar refractivity (Wildman–Crippen MR) is 95.4 cm³/mol. The number of benzene rings is 2. The number of hydrogen-bond donors (Lipinski definition) is 1. The molecular formula is C14H10Br2Cl3N. The molecule has 2 aromatic carbocycles. The summed E-state index contributed by atoms with van der Waals surface area (Å²) in [4.78, 5) is 0. The molecule has 106 valence electrons. The average molecular weight is 458 g/mol. The first-order valence-corrected chi connectivity index (χ1v) is 8.47. The molecule has 0 fully saturated rings. The highest BCUT2D eigenvalue weighted by molar-refractivity contribution is 9.11. The van der Waals surface area contributed by atoms with E-state index in [1.54, 1.807) is 6.07 Å². The molecule has 2 rings (SSSR count).